The Morgan fingerprint density at radius 2 is 1.81 bits per heavy atom. The van der Waals surface area contributed by atoms with E-state index in [1.807, 2.05) is 45.9 Å². The average Bonchev–Trinajstić information content (AvgIpc) is 2.55. The van der Waals surface area contributed by atoms with Gasteiger partial charge in [-0.2, -0.15) is 0 Å². The number of hydrogen-bond donors (Lipinski definition) is 3. The van der Waals surface area contributed by atoms with Gasteiger partial charge in [0.15, 0.2) is 0 Å². The lowest BCUT2D eigenvalue weighted by molar-refractivity contribution is 0.169. The van der Waals surface area contributed by atoms with Crippen LogP contribution in [0.15, 0.2) is 18.2 Å². The van der Waals surface area contributed by atoms with Crippen molar-refractivity contribution in [2.75, 3.05) is 5.32 Å². The monoisotopic (exact) mass is 378 g/mol. The summed E-state index contributed by atoms with van der Waals surface area (Å²) in [7, 11) is 0. The molecule has 2 unspecified atom stereocenters. The molecule has 0 saturated carbocycles. The van der Waals surface area contributed by atoms with Crippen LogP contribution in [0.2, 0.25) is 5.02 Å². The zero-order chi connectivity index (χ0) is 19.4. The molecular formula is C20H27ClN2O3. The highest BCUT2D eigenvalue weighted by atomic mass is 35.5. The Morgan fingerprint density at radius 1 is 1.19 bits per heavy atom. The maximum absolute atomic E-state index is 9.93. The van der Waals surface area contributed by atoms with Gasteiger partial charge in [0.25, 0.3) is 0 Å². The molecule has 0 aliphatic carbocycles. The number of aryl methyl sites for hydroxylation is 3. The Labute approximate surface area is 160 Å². The number of anilines is 1. The maximum atomic E-state index is 9.93. The fraction of sp³-hybridized carbons (Fsp3) is 0.450. The highest BCUT2D eigenvalue weighted by Gasteiger charge is 2.19. The molecule has 1 heterocycles. The molecule has 5 nitrogen and oxygen atoms in total. The number of pyridine rings is 1. The van der Waals surface area contributed by atoms with Crippen molar-refractivity contribution in [3.8, 4) is 11.6 Å². The van der Waals surface area contributed by atoms with Crippen LogP contribution >= 0.6 is 11.6 Å². The van der Waals surface area contributed by atoms with E-state index in [2.05, 4.69) is 10.3 Å². The third kappa shape index (κ3) is 4.67. The molecule has 0 bridgehead atoms. The molecule has 2 rings (SSSR count). The second kappa shape index (κ2) is 8.71. The number of benzene rings is 1. The van der Waals surface area contributed by atoms with Gasteiger partial charge in [-0.05, 0) is 63.4 Å². The first-order valence-corrected chi connectivity index (χ1v) is 9.15. The van der Waals surface area contributed by atoms with E-state index in [1.54, 1.807) is 6.92 Å². The van der Waals surface area contributed by atoms with Gasteiger partial charge in [-0.3, -0.25) is 0 Å². The van der Waals surface area contributed by atoms with E-state index in [9.17, 15) is 10.2 Å². The minimum atomic E-state index is -0.523. The summed E-state index contributed by atoms with van der Waals surface area (Å²) >= 11 is 6.09. The van der Waals surface area contributed by atoms with E-state index in [4.69, 9.17) is 16.3 Å². The number of aromatic nitrogens is 1. The first-order valence-electron chi connectivity index (χ1n) is 8.77. The number of rotatable bonds is 7. The van der Waals surface area contributed by atoms with E-state index in [-0.39, 0.29) is 12.6 Å². The van der Waals surface area contributed by atoms with Crippen molar-refractivity contribution in [2.24, 2.45) is 0 Å². The summed E-state index contributed by atoms with van der Waals surface area (Å²) in [4.78, 5) is 4.46. The van der Waals surface area contributed by atoms with Crippen LogP contribution in [0.25, 0.3) is 0 Å². The van der Waals surface area contributed by atoms with Crippen molar-refractivity contribution in [3.63, 3.8) is 0 Å². The van der Waals surface area contributed by atoms with Gasteiger partial charge in [-0.1, -0.05) is 18.5 Å². The van der Waals surface area contributed by atoms with Gasteiger partial charge in [0.2, 0.25) is 5.88 Å². The van der Waals surface area contributed by atoms with Crippen LogP contribution in [-0.2, 0) is 6.61 Å². The predicted octanol–water partition coefficient (Wildman–Crippen LogP) is 4.52. The molecule has 1 aromatic carbocycles. The van der Waals surface area contributed by atoms with Crippen LogP contribution in [-0.4, -0.2) is 27.3 Å². The summed E-state index contributed by atoms with van der Waals surface area (Å²) in [6.45, 7) is 9.21. The van der Waals surface area contributed by atoms with E-state index in [0.29, 0.717) is 27.9 Å². The van der Waals surface area contributed by atoms with E-state index in [1.165, 1.54) is 0 Å². The number of aliphatic hydroxyl groups is 2. The lowest BCUT2D eigenvalue weighted by atomic mass is 10.1. The third-order valence-electron chi connectivity index (χ3n) is 4.36. The molecule has 2 aromatic rings. The van der Waals surface area contributed by atoms with Gasteiger partial charge in [-0.25, -0.2) is 4.98 Å². The van der Waals surface area contributed by atoms with Gasteiger partial charge in [0, 0.05) is 16.4 Å². The Morgan fingerprint density at radius 3 is 2.31 bits per heavy atom. The maximum Gasteiger partial charge on any atom is 0.227 e. The first kappa shape index (κ1) is 20.5. The van der Waals surface area contributed by atoms with Crippen LogP contribution in [0.1, 0.15) is 42.7 Å². The fourth-order valence-corrected chi connectivity index (χ4v) is 3.28. The van der Waals surface area contributed by atoms with Gasteiger partial charge >= 0.3 is 0 Å². The number of aliphatic hydroxyl groups excluding tert-OH is 2. The number of nitrogens with one attached hydrogen (secondary N) is 1. The molecule has 3 N–H and O–H groups in total. The van der Waals surface area contributed by atoms with Crippen molar-refractivity contribution in [1.82, 2.24) is 4.98 Å². The molecule has 0 radical (unpaired) electrons. The second-order valence-electron chi connectivity index (χ2n) is 6.62. The normalized spacial score (nSPS) is 13.4. The van der Waals surface area contributed by atoms with Crippen molar-refractivity contribution < 1.29 is 14.9 Å². The molecule has 26 heavy (non-hydrogen) atoms. The number of nitrogens with zero attached hydrogens (tertiary/aromatic N) is 1. The third-order valence-corrected chi connectivity index (χ3v) is 4.58. The molecule has 0 spiro atoms. The number of hydrogen-bond acceptors (Lipinski definition) is 5. The molecule has 0 amide bonds. The standard InChI is InChI=1S/C20H27ClN2O3/c1-6-17(14(5)25)23-18-9-13(4)22-20(16(18)10-24)26-19-11(2)7-15(21)8-12(19)3/h7-9,14,17,24-25H,6,10H2,1-5H3,(H,22,23). The van der Waals surface area contributed by atoms with Crippen LogP contribution in [0.4, 0.5) is 5.69 Å². The Balaban J connectivity index is 2.46. The summed E-state index contributed by atoms with van der Waals surface area (Å²) in [5, 5.41) is 23.8. The highest BCUT2D eigenvalue weighted by Crippen LogP contribution is 2.35. The molecule has 142 valence electrons. The van der Waals surface area contributed by atoms with Gasteiger partial charge in [-0.15, -0.1) is 0 Å². The molecule has 0 saturated heterocycles. The van der Waals surface area contributed by atoms with Gasteiger partial charge < -0.3 is 20.3 Å². The molecule has 1 aromatic heterocycles. The smallest absolute Gasteiger partial charge is 0.227 e. The number of ether oxygens (including phenoxy) is 1. The summed E-state index contributed by atoms with van der Waals surface area (Å²) in [6.07, 6.45) is 0.223. The topological polar surface area (TPSA) is 74.6 Å². The predicted molar refractivity (Wildman–Crippen MR) is 105 cm³/mol. The Hall–Kier alpha value is -1.82. The van der Waals surface area contributed by atoms with Crippen molar-refractivity contribution in [1.29, 1.82) is 0 Å². The van der Waals surface area contributed by atoms with E-state index in [0.717, 1.165) is 23.2 Å². The largest absolute Gasteiger partial charge is 0.438 e. The summed E-state index contributed by atoms with van der Waals surface area (Å²) in [5.74, 6) is 1.03. The molecule has 2 atom stereocenters. The zero-order valence-corrected chi connectivity index (χ0v) is 16.7. The Bertz CT molecular complexity index is 755. The van der Waals surface area contributed by atoms with Crippen LogP contribution in [0.3, 0.4) is 0 Å². The van der Waals surface area contributed by atoms with Crippen molar-refractivity contribution in [2.45, 2.75) is 59.8 Å². The minimum absolute atomic E-state index is 0.131. The first-order chi connectivity index (χ1) is 12.3. The quantitative estimate of drug-likeness (QED) is 0.660. The summed E-state index contributed by atoms with van der Waals surface area (Å²) < 4.78 is 6.08. The molecule has 0 aliphatic rings. The van der Waals surface area contributed by atoms with Crippen LogP contribution < -0.4 is 10.1 Å². The van der Waals surface area contributed by atoms with E-state index >= 15 is 0 Å². The molecular weight excluding hydrogens is 352 g/mol. The lowest BCUT2D eigenvalue weighted by Gasteiger charge is -2.24. The zero-order valence-electron chi connectivity index (χ0n) is 15.9. The molecule has 0 fully saturated rings. The summed E-state index contributed by atoms with van der Waals surface area (Å²) in [5.41, 5.74) is 3.82. The highest BCUT2D eigenvalue weighted by molar-refractivity contribution is 6.30. The van der Waals surface area contributed by atoms with Gasteiger partial charge in [0.05, 0.1) is 24.3 Å². The molecule has 6 heteroatoms. The summed E-state index contributed by atoms with van der Waals surface area (Å²) in [6, 6.07) is 5.38. The Kier molecular flexibility index (Phi) is 6.87. The van der Waals surface area contributed by atoms with Crippen molar-refractivity contribution in [3.05, 3.63) is 45.6 Å². The van der Waals surface area contributed by atoms with Crippen LogP contribution in [0, 0.1) is 20.8 Å². The SMILES string of the molecule is CCC(Nc1cc(C)nc(Oc2c(C)cc(Cl)cc2C)c1CO)C(C)O. The minimum Gasteiger partial charge on any atom is -0.438 e. The number of halogens is 1. The lowest BCUT2D eigenvalue weighted by Crippen LogP contribution is -2.31. The van der Waals surface area contributed by atoms with Gasteiger partial charge in [0.1, 0.15) is 5.75 Å². The molecule has 0 aliphatic heterocycles. The van der Waals surface area contributed by atoms with E-state index < -0.39 is 6.10 Å². The second-order valence-corrected chi connectivity index (χ2v) is 7.06. The van der Waals surface area contributed by atoms with Crippen LogP contribution in [0.5, 0.6) is 11.6 Å². The fourth-order valence-electron chi connectivity index (χ4n) is 2.96. The average molecular weight is 379 g/mol. The van der Waals surface area contributed by atoms with Crippen molar-refractivity contribution >= 4 is 17.3 Å².